The number of hydrogen-bond donors (Lipinski definition) is 1. The Morgan fingerprint density at radius 3 is 2.73 bits per heavy atom. The van der Waals surface area contributed by atoms with Crippen LogP contribution in [0.3, 0.4) is 0 Å². The van der Waals surface area contributed by atoms with E-state index in [1.165, 1.54) is 23.0 Å². The monoisotopic (exact) mass is 414 g/mol. The number of nitrogens with one attached hydrogen (secondary N) is 1. The first-order valence-electron chi connectivity index (χ1n) is 9.60. The molecule has 0 fully saturated rings. The molecular weight excluding hydrogens is 396 g/mol. The summed E-state index contributed by atoms with van der Waals surface area (Å²) in [7, 11) is 2.01. The maximum atomic E-state index is 6.05. The van der Waals surface area contributed by atoms with Crippen molar-refractivity contribution < 1.29 is 0 Å². The van der Waals surface area contributed by atoms with Gasteiger partial charge in [-0.25, -0.2) is 19.9 Å². The molecule has 0 aliphatic carbocycles. The van der Waals surface area contributed by atoms with Crippen molar-refractivity contribution in [1.82, 2.24) is 24.5 Å². The van der Waals surface area contributed by atoms with Crippen molar-refractivity contribution in [3.8, 4) is 0 Å². The van der Waals surface area contributed by atoms with Crippen LogP contribution in [0, 0.1) is 6.92 Å². The molecule has 0 bridgehead atoms. The van der Waals surface area contributed by atoms with Crippen molar-refractivity contribution in [1.29, 1.82) is 0 Å². The van der Waals surface area contributed by atoms with Gasteiger partial charge in [-0.1, -0.05) is 23.7 Å². The van der Waals surface area contributed by atoms with Crippen molar-refractivity contribution in [2.75, 3.05) is 5.32 Å². The summed E-state index contributed by atoms with van der Waals surface area (Å²) in [6.45, 7) is 2.12. The summed E-state index contributed by atoms with van der Waals surface area (Å²) in [5, 5.41) is 3.76. The molecule has 3 heterocycles. The van der Waals surface area contributed by atoms with Gasteiger partial charge in [-0.15, -0.1) is 0 Å². The number of aromatic nitrogens is 5. The van der Waals surface area contributed by atoms with E-state index in [-0.39, 0.29) is 0 Å². The number of anilines is 2. The molecule has 0 aliphatic heterocycles. The van der Waals surface area contributed by atoms with Gasteiger partial charge in [0, 0.05) is 12.7 Å². The number of halogens is 1. The third-order valence-corrected chi connectivity index (χ3v) is 5.45. The van der Waals surface area contributed by atoms with E-state index in [9.17, 15) is 0 Å². The molecule has 0 spiro atoms. The van der Waals surface area contributed by atoms with E-state index in [2.05, 4.69) is 68.6 Å². The van der Waals surface area contributed by atoms with Crippen molar-refractivity contribution in [2.24, 2.45) is 7.05 Å². The molecule has 30 heavy (non-hydrogen) atoms. The summed E-state index contributed by atoms with van der Waals surface area (Å²) < 4.78 is 2.03. The molecule has 0 radical (unpaired) electrons. The van der Waals surface area contributed by atoms with E-state index < -0.39 is 0 Å². The highest BCUT2D eigenvalue weighted by Gasteiger charge is 2.09. The molecule has 2 aromatic carbocycles. The van der Waals surface area contributed by atoms with Gasteiger partial charge in [-0.05, 0) is 66.4 Å². The fraction of sp³-hybridized carbons (Fsp3) is 0.130. The number of pyridine rings is 1. The van der Waals surface area contributed by atoms with Crippen molar-refractivity contribution in [2.45, 2.75) is 13.3 Å². The standard InChI is InChI=1S/C23H19ClN6/c1-14-9-17(28-23-22-18(25-12-26-23)6-8-21(24)29-22)5-4-16(14)10-15-3-7-20-19(11-15)27-13-30(20)2/h3-9,11-13H,10H2,1-2H3,(H,25,26,28). The number of fused-ring (bicyclic) bond motifs is 2. The van der Waals surface area contributed by atoms with Gasteiger partial charge in [-0.2, -0.15) is 0 Å². The summed E-state index contributed by atoms with van der Waals surface area (Å²) in [5.41, 5.74) is 8.21. The molecule has 0 saturated heterocycles. The number of nitrogens with zero attached hydrogens (tertiary/aromatic N) is 5. The first-order chi connectivity index (χ1) is 14.6. The summed E-state index contributed by atoms with van der Waals surface area (Å²) in [6, 6.07) is 16.3. The summed E-state index contributed by atoms with van der Waals surface area (Å²) in [6.07, 6.45) is 4.22. The molecule has 0 unspecified atom stereocenters. The van der Waals surface area contributed by atoms with Crippen LogP contribution in [0.1, 0.15) is 16.7 Å². The zero-order valence-corrected chi connectivity index (χ0v) is 17.4. The van der Waals surface area contributed by atoms with Crippen LogP contribution in [0.4, 0.5) is 11.5 Å². The third-order valence-electron chi connectivity index (χ3n) is 5.24. The molecule has 3 aromatic heterocycles. The SMILES string of the molecule is Cc1cc(Nc2ncnc3ccc(Cl)nc23)ccc1Cc1ccc2c(c1)ncn2C. The maximum Gasteiger partial charge on any atom is 0.160 e. The molecule has 0 saturated carbocycles. The lowest BCUT2D eigenvalue weighted by Crippen LogP contribution is -1.99. The number of imidazole rings is 1. The minimum absolute atomic E-state index is 0.414. The van der Waals surface area contributed by atoms with Gasteiger partial charge in [0.25, 0.3) is 0 Å². The normalized spacial score (nSPS) is 11.3. The molecule has 5 aromatic rings. The van der Waals surface area contributed by atoms with Crippen LogP contribution in [-0.4, -0.2) is 24.5 Å². The smallest absolute Gasteiger partial charge is 0.160 e. The number of aryl methyl sites for hydroxylation is 2. The average Bonchev–Trinajstić information content (AvgIpc) is 3.11. The van der Waals surface area contributed by atoms with Gasteiger partial charge in [0.2, 0.25) is 0 Å². The molecule has 0 aliphatic rings. The summed E-state index contributed by atoms with van der Waals surface area (Å²) >= 11 is 6.05. The van der Waals surface area contributed by atoms with E-state index in [0.29, 0.717) is 16.5 Å². The van der Waals surface area contributed by atoms with Gasteiger partial charge in [0.15, 0.2) is 5.82 Å². The lowest BCUT2D eigenvalue weighted by atomic mass is 9.99. The second-order valence-corrected chi connectivity index (χ2v) is 7.73. The zero-order valence-electron chi connectivity index (χ0n) is 16.6. The quantitative estimate of drug-likeness (QED) is 0.409. The molecule has 1 N–H and O–H groups in total. The second kappa shape index (κ2) is 7.39. The highest BCUT2D eigenvalue weighted by molar-refractivity contribution is 6.29. The van der Waals surface area contributed by atoms with Gasteiger partial charge >= 0.3 is 0 Å². The Morgan fingerprint density at radius 2 is 1.87 bits per heavy atom. The predicted molar refractivity (Wildman–Crippen MR) is 120 cm³/mol. The maximum absolute atomic E-state index is 6.05. The van der Waals surface area contributed by atoms with Crippen LogP contribution in [0.25, 0.3) is 22.1 Å². The largest absolute Gasteiger partial charge is 0.338 e. The molecule has 148 valence electrons. The topological polar surface area (TPSA) is 68.5 Å². The number of rotatable bonds is 4. The fourth-order valence-electron chi connectivity index (χ4n) is 3.63. The predicted octanol–water partition coefficient (Wildman–Crippen LogP) is 5.21. The summed E-state index contributed by atoms with van der Waals surface area (Å²) in [5.74, 6) is 0.634. The zero-order chi connectivity index (χ0) is 20.7. The van der Waals surface area contributed by atoms with E-state index >= 15 is 0 Å². The summed E-state index contributed by atoms with van der Waals surface area (Å²) in [4.78, 5) is 17.4. The molecule has 5 rings (SSSR count). The number of hydrogen-bond acceptors (Lipinski definition) is 5. The van der Waals surface area contributed by atoms with Gasteiger partial charge in [0.1, 0.15) is 17.0 Å². The Kier molecular flexibility index (Phi) is 4.56. The van der Waals surface area contributed by atoms with E-state index in [0.717, 1.165) is 28.7 Å². The van der Waals surface area contributed by atoms with Gasteiger partial charge < -0.3 is 9.88 Å². The van der Waals surface area contributed by atoms with Crippen LogP contribution < -0.4 is 5.32 Å². The average molecular weight is 415 g/mol. The second-order valence-electron chi connectivity index (χ2n) is 7.35. The first kappa shape index (κ1) is 18.5. The van der Waals surface area contributed by atoms with Crippen molar-refractivity contribution in [3.05, 3.63) is 83.0 Å². The lowest BCUT2D eigenvalue weighted by molar-refractivity contribution is 0.947. The number of benzene rings is 2. The Balaban J connectivity index is 1.41. The van der Waals surface area contributed by atoms with Crippen LogP contribution in [0.5, 0.6) is 0 Å². The highest BCUT2D eigenvalue weighted by atomic mass is 35.5. The lowest BCUT2D eigenvalue weighted by Gasteiger charge is -2.11. The Hall–Kier alpha value is -3.51. The fourth-order valence-corrected chi connectivity index (χ4v) is 3.78. The first-order valence-corrected chi connectivity index (χ1v) is 9.98. The third kappa shape index (κ3) is 3.46. The molecule has 6 nitrogen and oxygen atoms in total. The van der Waals surface area contributed by atoms with E-state index in [1.807, 2.05) is 24.0 Å². The Labute approximate surface area is 178 Å². The van der Waals surface area contributed by atoms with Crippen LogP contribution in [0.15, 0.2) is 61.2 Å². The van der Waals surface area contributed by atoms with Crippen LogP contribution in [-0.2, 0) is 13.5 Å². The van der Waals surface area contributed by atoms with Crippen LogP contribution >= 0.6 is 11.6 Å². The Bertz CT molecular complexity index is 1390. The van der Waals surface area contributed by atoms with Gasteiger partial charge in [-0.3, -0.25) is 0 Å². The molecule has 0 atom stereocenters. The molecule has 0 amide bonds. The minimum atomic E-state index is 0.414. The van der Waals surface area contributed by atoms with Crippen LogP contribution in [0.2, 0.25) is 5.15 Å². The minimum Gasteiger partial charge on any atom is -0.338 e. The molecule has 7 heteroatoms. The van der Waals surface area contributed by atoms with Crippen molar-refractivity contribution >= 4 is 45.2 Å². The molecular formula is C23H19ClN6. The Morgan fingerprint density at radius 1 is 0.967 bits per heavy atom. The highest BCUT2D eigenvalue weighted by Crippen LogP contribution is 2.25. The van der Waals surface area contributed by atoms with Crippen molar-refractivity contribution in [3.63, 3.8) is 0 Å². The van der Waals surface area contributed by atoms with Gasteiger partial charge in [0.05, 0.1) is 22.9 Å². The van der Waals surface area contributed by atoms with E-state index in [4.69, 9.17) is 11.6 Å². The van der Waals surface area contributed by atoms with E-state index in [1.54, 1.807) is 6.07 Å².